The predicted molar refractivity (Wildman–Crippen MR) is 83.2 cm³/mol. The Hall–Kier alpha value is -1.11. The average molecular weight is 329 g/mol. The van der Waals surface area contributed by atoms with E-state index in [1.54, 1.807) is 0 Å². The third-order valence-electron chi connectivity index (χ3n) is 2.43. The number of hydrogen-bond donors (Lipinski definition) is 3. The number of nitrogens with zero attached hydrogens (tertiary/aromatic N) is 1. The molecule has 0 aliphatic carbocycles. The van der Waals surface area contributed by atoms with E-state index >= 15 is 0 Å². The van der Waals surface area contributed by atoms with Crippen LogP contribution in [0, 0.1) is 6.92 Å². The van der Waals surface area contributed by atoms with Crippen molar-refractivity contribution in [2.75, 3.05) is 25.1 Å². The third-order valence-corrected chi connectivity index (χ3v) is 3.12. The van der Waals surface area contributed by atoms with Crippen LogP contribution < -0.4 is 16.6 Å². The van der Waals surface area contributed by atoms with Crippen LogP contribution in [-0.4, -0.2) is 25.7 Å². The number of hydrogen-bond acceptors (Lipinski definition) is 3. The lowest BCUT2D eigenvalue weighted by Crippen LogP contribution is -2.36. The topological polar surface area (TPSA) is 71.7 Å². The number of aryl methyl sites for hydroxylation is 1. The number of hydrazine groups is 1. The number of aliphatic imine (C=N–C) groups is 1. The summed E-state index contributed by atoms with van der Waals surface area (Å²) in [5.41, 5.74) is 4.66. The molecule has 0 fully saturated rings. The van der Waals surface area contributed by atoms with Crippen molar-refractivity contribution in [1.29, 1.82) is 0 Å². The number of nitrogens with one attached hydrogen (secondary N) is 2. The SMILES string of the molecule is CCOCCCN=C(NN)Nc1cc(C)ccc1Br. The van der Waals surface area contributed by atoms with E-state index in [2.05, 4.69) is 31.7 Å². The van der Waals surface area contributed by atoms with Gasteiger partial charge in [-0.15, -0.1) is 0 Å². The lowest BCUT2D eigenvalue weighted by molar-refractivity contribution is 0.146. The fourth-order valence-electron chi connectivity index (χ4n) is 1.49. The fourth-order valence-corrected chi connectivity index (χ4v) is 1.83. The zero-order chi connectivity index (χ0) is 14.1. The van der Waals surface area contributed by atoms with Crippen molar-refractivity contribution in [3.63, 3.8) is 0 Å². The summed E-state index contributed by atoms with van der Waals surface area (Å²) < 4.78 is 6.22. The van der Waals surface area contributed by atoms with Crippen LogP contribution in [0.5, 0.6) is 0 Å². The highest BCUT2D eigenvalue weighted by molar-refractivity contribution is 9.10. The van der Waals surface area contributed by atoms with Gasteiger partial charge in [0, 0.05) is 24.2 Å². The van der Waals surface area contributed by atoms with Gasteiger partial charge in [0.1, 0.15) is 0 Å². The molecule has 0 amide bonds. The van der Waals surface area contributed by atoms with Gasteiger partial charge in [-0.05, 0) is 53.9 Å². The molecule has 106 valence electrons. The van der Waals surface area contributed by atoms with Crippen molar-refractivity contribution in [3.05, 3.63) is 28.2 Å². The van der Waals surface area contributed by atoms with Crippen LogP contribution in [0.4, 0.5) is 5.69 Å². The molecule has 0 aliphatic rings. The molecule has 6 heteroatoms. The molecule has 0 unspecified atom stereocenters. The maximum absolute atomic E-state index is 5.46. The second-order valence-electron chi connectivity index (χ2n) is 4.03. The Labute approximate surface area is 122 Å². The first-order valence-corrected chi connectivity index (χ1v) is 7.08. The van der Waals surface area contributed by atoms with E-state index in [0.717, 1.165) is 23.2 Å². The van der Waals surface area contributed by atoms with Gasteiger partial charge in [0.15, 0.2) is 0 Å². The lowest BCUT2D eigenvalue weighted by atomic mass is 10.2. The van der Waals surface area contributed by atoms with E-state index in [0.29, 0.717) is 19.1 Å². The molecule has 0 saturated heterocycles. The first-order valence-electron chi connectivity index (χ1n) is 6.29. The minimum atomic E-state index is 0.544. The first kappa shape index (κ1) is 15.9. The normalized spacial score (nSPS) is 11.5. The smallest absolute Gasteiger partial charge is 0.210 e. The van der Waals surface area contributed by atoms with Crippen LogP contribution in [-0.2, 0) is 4.74 Å². The number of guanidine groups is 1. The Balaban J connectivity index is 2.55. The van der Waals surface area contributed by atoms with Crippen LogP contribution in [0.25, 0.3) is 0 Å². The number of nitrogens with two attached hydrogens (primary N) is 1. The van der Waals surface area contributed by atoms with Crippen LogP contribution in [0.2, 0.25) is 0 Å². The quantitative estimate of drug-likeness (QED) is 0.246. The minimum absolute atomic E-state index is 0.544. The summed E-state index contributed by atoms with van der Waals surface area (Å²) in [5.74, 6) is 6.00. The van der Waals surface area contributed by atoms with E-state index in [1.165, 1.54) is 5.56 Å². The second kappa shape index (κ2) is 8.90. The summed E-state index contributed by atoms with van der Waals surface area (Å²) in [4.78, 5) is 4.35. The lowest BCUT2D eigenvalue weighted by Gasteiger charge is -2.11. The summed E-state index contributed by atoms with van der Waals surface area (Å²) in [6.45, 7) is 6.13. The van der Waals surface area contributed by atoms with Crippen molar-refractivity contribution < 1.29 is 4.74 Å². The molecule has 0 aliphatic heterocycles. The van der Waals surface area contributed by atoms with Gasteiger partial charge in [-0.3, -0.25) is 10.4 Å². The van der Waals surface area contributed by atoms with Crippen LogP contribution in [0.3, 0.4) is 0 Å². The zero-order valence-corrected chi connectivity index (χ0v) is 13.0. The fraction of sp³-hybridized carbons (Fsp3) is 0.462. The number of anilines is 1. The van der Waals surface area contributed by atoms with Crippen LogP contribution in [0.1, 0.15) is 18.9 Å². The van der Waals surface area contributed by atoms with E-state index in [9.17, 15) is 0 Å². The van der Waals surface area contributed by atoms with Gasteiger partial charge in [0.2, 0.25) is 5.96 Å². The molecule has 0 heterocycles. The summed E-state index contributed by atoms with van der Waals surface area (Å²) in [5, 5.41) is 3.15. The van der Waals surface area contributed by atoms with Gasteiger partial charge >= 0.3 is 0 Å². The Morgan fingerprint density at radius 3 is 2.95 bits per heavy atom. The molecule has 0 radical (unpaired) electrons. The molecule has 1 rings (SSSR count). The summed E-state index contributed by atoms with van der Waals surface area (Å²) >= 11 is 3.48. The molecular weight excluding hydrogens is 308 g/mol. The number of benzene rings is 1. The van der Waals surface area contributed by atoms with Gasteiger partial charge in [0.25, 0.3) is 0 Å². The van der Waals surface area contributed by atoms with Crippen molar-refractivity contribution in [2.45, 2.75) is 20.3 Å². The van der Waals surface area contributed by atoms with Gasteiger partial charge in [0.05, 0.1) is 5.69 Å². The second-order valence-corrected chi connectivity index (χ2v) is 4.89. The summed E-state index contributed by atoms with van der Waals surface area (Å²) in [6.07, 6.45) is 0.871. The molecule has 0 aromatic heterocycles. The van der Waals surface area contributed by atoms with E-state index < -0.39 is 0 Å². The number of rotatable bonds is 6. The highest BCUT2D eigenvalue weighted by atomic mass is 79.9. The molecule has 0 saturated carbocycles. The van der Waals surface area contributed by atoms with E-state index in [4.69, 9.17) is 10.6 Å². The average Bonchev–Trinajstić information content (AvgIpc) is 2.41. The molecule has 0 bridgehead atoms. The van der Waals surface area contributed by atoms with Gasteiger partial charge < -0.3 is 10.1 Å². The van der Waals surface area contributed by atoms with E-state index in [1.807, 2.05) is 32.0 Å². The van der Waals surface area contributed by atoms with Crippen molar-refractivity contribution in [3.8, 4) is 0 Å². The van der Waals surface area contributed by atoms with Gasteiger partial charge in [-0.25, -0.2) is 5.84 Å². The highest BCUT2D eigenvalue weighted by Gasteiger charge is 2.02. The number of ether oxygens (including phenoxy) is 1. The molecule has 1 aromatic carbocycles. The Kier molecular flexibility index (Phi) is 7.47. The van der Waals surface area contributed by atoms with Crippen LogP contribution >= 0.6 is 15.9 Å². The maximum atomic E-state index is 5.46. The summed E-state index contributed by atoms with van der Waals surface area (Å²) in [7, 11) is 0. The minimum Gasteiger partial charge on any atom is -0.382 e. The Bertz CT molecular complexity index is 423. The van der Waals surface area contributed by atoms with Gasteiger partial charge in [-0.2, -0.15) is 0 Å². The standard InChI is InChI=1S/C13H21BrN4O/c1-3-19-8-4-7-16-13(18-15)17-12-9-10(2)5-6-11(12)14/h5-6,9H,3-4,7-8,15H2,1-2H3,(H2,16,17,18). The predicted octanol–water partition coefficient (Wildman–Crippen LogP) is 2.42. The molecule has 19 heavy (non-hydrogen) atoms. The molecule has 5 nitrogen and oxygen atoms in total. The molecule has 0 spiro atoms. The largest absolute Gasteiger partial charge is 0.382 e. The highest BCUT2D eigenvalue weighted by Crippen LogP contribution is 2.23. The monoisotopic (exact) mass is 328 g/mol. The molecule has 1 aromatic rings. The van der Waals surface area contributed by atoms with Crippen molar-refractivity contribution in [1.82, 2.24) is 5.43 Å². The van der Waals surface area contributed by atoms with Crippen LogP contribution in [0.15, 0.2) is 27.7 Å². The molecule has 0 atom stereocenters. The first-order chi connectivity index (χ1) is 9.17. The van der Waals surface area contributed by atoms with E-state index in [-0.39, 0.29) is 0 Å². The Morgan fingerprint density at radius 2 is 2.26 bits per heavy atom. The van der Waals surface area contributed by atoms with Crippen molar-refractivity contribution >= 4 is 27.6 Å². The Morgan fingerprint density at radius 1 is 1.47 bits per heavy atom. The molecule has 4 N–H and O–H groups in total. The number of halogens is 1. The van der Waals surface area contributed by atoms with Crippen molar-refractivity contribution in [2.24, 2.45) is 10.8 Å². The van der Waals surface area contributed by atoms with Gasteiger partial charge in [-0.1, -0.05) is 6.07 Å². The summed E-state index contributed by atoms with van der Waals surface area (Å²) in [6, 6.07) is 6.04. The molecular formula is C13H21BrN4O. The third kappa shape index (κ3) is 6.04. The zero-order valence-electron chi connectivity index (χ0n) is 11.4. The maximum Gasteiger partial charge on any atom is 0.210 e.